The summed E-state index contributed by atoms with van der Waals surface area (Å²) in [6.45, 7) is 3.49. The van der Waals surface area contributed by atoms with Gasteiger partial charge in [0.15, 0.2) is 11.5 Å². The van der Waals surface area contributed by atoms with E-state index in [4.69, 9.17) is 9.47 Å². The van der Waals surface area contributed by atoms with Crippen LogP contribution < -0.4 is 9.47 Å². The zero-order chi connectivity index (χ0) is 23.3. The Bertz CT molecular complexity index is 1160. The fourth-order valence-electron chi connectivity index (χ4n) is 3.03. The number of para-hydroxylation sites is 1. The number of nitro groups is 2. The van der Waals surface area contributed by atoms with Gasteiger partial charge >= 0.3 is 5.69 Å². The Balaban J connectivity index is 2.11. The predicted octanol–water partition coefficient (Wildman–Crippen LogP) is 5.10. The molecule has 0 bridgehead atoms. The molecule has 3 aromatic carbocycles. The van der Waals surface area contributed by atoms with Crippen molar-refractivity contribution in [3.05, 3.63) is 104 Å². The molecule has 32 heavy (non-hydrogen) atoms. The van der Waals surface area contributed by atoms with E-state index in [1.807, 2.05) is 30.3 Å². The van der Waals surface area contributed by atoms with Gasteiger partial charge in [-0.2, -0.15) is 0 Å². The molecule has 0 saturated carbocycles. The second-order valence-electron chi connectivity index (χ2n) is 7.12. The second-order valence-corrected chi connectivity index (χ2v) is 7.12. The maximum atomic E-state index is 13.1. The summed E-state index contributed by atoms with van der Waals surface area (Å²) < 4.78 is 11.4. The summed E-state index contributed by atoms with van der Waals surface area (Å²) in [5, 5.41) is 23.1. The van der Waals surface area contributed by atoms with Crippen molar-refractivity contribution in [2.75, 3.05) is 0 Å². The molecule has 0 N–H and O–H groups in total. The highest BCUT2D eigenvalue weighted by Gasteiger charge is 2.28. The number of benzene rings is 3. The number of hydrogen-bond donors (Lipinski definition) is 0. The highest BCUT2D eigenvalue weighted by Crippen LogP contribution is 2.40. The Morgan fingerprint density at radius 2 is 1.53 bits per heavy atom. The van der Waals surface area contributed by atoms with E-state index in [9.17, 15) is 25.0 Å². The number of ketones is 1. The zero-order valence-electron chi connectivity index (χ0n) is 17.4. The first kappa shape index (κ1) is 22.4. The minimum Gasteiger partial charge on any atom is -0.485 e. The van der Waals surface area contributed by atoms with Crippen LogP contribution in [-0.2, 0) is 6.61 Å². The summed E-state index contributed by atoms with van der Waals surface area (Å²) in [5.74, 6) is -0.847. The Morgan fingerprint density at radius 3 is 2.16 bits per heavy atom. The molecule has 164 valence electrons. The summed E-state index contributed by atoms with van der Waals surface area (Å²) in [5.41, 5.74) is -0.356. The number of carbonyl (C=O) groups excluding carboxylic acids is 1. The van der Waals surface area contributed by atoms with E-state index in [0.717, 1.165) is 11.6 Å². The SMILES string of the molecule is CC(C)Oc1c(OCc2ccccc2)cc(C(=O)c2ccccc2[N+](=O)[O-])cc1[N+](=O)[O-]. The predicted molar refractivity (Wildman–Crippen MR) is 116 cm³/mol. The quantitative estimate of drug-likeness (QED) is 0.260. The van der Waals surface area contributed by atoms with Gasteiger partial charge in [-0.05, 0) is 31.5 Å². The number of nitrogens with zero attached hydrogens (tertiary/aromatic N) is 2. The van der Waals surface area contributed by atoms with Crippen LogP contribution in [0.4, 0.5) is 11.4 Å². The topological polar surface area (TPSA) is 122 Å². The van der Waals surface area contributed by atoms with Crippen LogP contribution in [0.25, 0.3) is 0 Å². The van der Waals surface area contributed by atoms with E-state index < -0.39 is 33.1 Å². The molecule has 3 rings (SSSR count). The summed E-state index contributed by atoms with van der Waals surface area (Å²) in [7, 11) is 0. The number of ether oxygens (including phenoxy) is 2. The van der Waals surface area contributed by atoms with Crippen molar-refractivity contribution >= 4 is 17.2 Å². The molecular weight excluding hydrogens is 416 g/mol. The van der Waals surface area contributed by atoms with Gasteiger partial charge in [-0.1, -0.05) is 42.5 Å². The molecule has 0 aliphatic carbocycles. The lowest BCUT2D eigenvalue weighted by atomic mass is 10.0. The summed E-state index contributed by atoms with van der Waals surface area (Å²) in [4.78, 5) is 34.8. The van der Waals surface area contributed by atoms with Crippen LogP contribution in [0.1, 0.15) is 35.3 Å². The van der Waals surface area contributed by atoms with Crippen molar-refractivity contribution in [3.8, 4) is 11.5 Å². The number of nitro benzene ring substituents is 2. The molecule has 0 unspecified atom stereocenters. The number of carbonyl (C=O) groups is 1. The van der Waals surface area contributed by atoms with E-state index in [1.54, 1.807) is 13.8 Å². The average molecular weight is 436 g/mol. The third-order valence-corrected chi connectivity index (χ3v) is 4.43. The lowest BCUT2D eigenvalue weighted by Gasteiger charge is -2.16. The Labute approximate surface area is 183 Å². The minimum atomic E-state index is -0.735. The molecule has 0 aliphatic heterocycles. The average Bonchev–Trinajstić information content (AvgIpc) is 2.77. The molecule has 0 saturated heterocycles. The Kier molecular flexibility index (Phi) is 6.79. The van der Waals surface area contributed by atoms with E-state index in [-0.39, 0.29) is 29.2 Å². The monoisotopic (exact) mass is 436 g/mol. The molecule has 0 heterocycles. The highest BCUT2D eigenvalue weighted by molar-refractivity contribution is 6.12. The first-order chi connectivity index (χ1) is 15.3. The molecule has 0 aliphatic rings. The Hall–Kier alpha value is -4.27. The van der Waals surface area contributed by atoms with Gasteiger partial charge in [0.1, 0.15) is 12.2 Å². The van der Waals surface area contributed by atoms with Crippen LogP contribution in [0, 0.1) is 20.2 Å². The van der Waals surface area contributed by atoms with Crippen LogP contribution in [0.15, 0.2) is 66.7 Å². The van der Waals surface area contributed by atoms with E-state index >= 15 is 0 Å². The molecule has 9 heteroatoms. The molecule has 0 atom stereocenters. The molecular formula is C23H20N2O7. The van der Waals surface area contributed by atoms with Gasteiger partial charge in [0, 0.05) is 17.7 Å². The summed E-state index contributed by atoms with van der Waals surface area (Å²) in [6, 6.07) is 16.9. The van der Waals surface area contributed by atoms with Crippen molar-refractivity contribution < 1.29 is 24.1 Å². The first-order valence-corrected chi connectivity index (χ1v) is 9.72. The third-order valence-electron chi connectivity index (χ3n) is 4.43. The fourth-order valence-corrected chi connectivity index (χ4v) is 3.03. The fraction of sp³-hybridized carbons (Fsp3) is 0.174. The largest absolute Gasteiger partial charge is 0.485 e. The zero-order valence-corrected chi connectivity index (χ0v) is 17.4. The summed E-state index contributed by atoms with van der Waals surface area (Å²) >= 11 is 0. The third kappa shape index (κ3) is 5.07. The van der Waals surface area contributed by atoms with Gasteiger partial charge in [0.25, 0.3) is 5.69 Å². The van der Waals surface area contributed by atoms with E-state index in [1.165, 1.54) is 30.3 Å². The van der Waals surface area contributed by atoms with E-state index in [2.05, 4.69) is 0 Å². The van der Waals surface area contributed by atoms with Gasteiger partial charge in [-0.25, -0.2) is 0 Å². The number of rotatable bonds is 9. The molecule has 3 aromatic rings. The van der Waals surface area contributed by atoms with Crippen LogP contribution in [0.2, 0.25) is 0 Å². The first-order valence-electron chi connectivity index (χ1n) is 9.72. The molecule has 0 amide bonds. The normalized spacial score (nSPS) is 10.6. The number of hydrogen-bond acceptors (Lipinski definition) is 7. The van der Waals surface area contributed by atoms with Gasteiger partial charge in [0.05, 0.1) is 16.0 Å². The molecule has 0 aromatic heterocycles. The maximum Gasteiger partial charge on any atom is 0.315 e. The molecule has 9 nitrogen and oxygen atoms in total. The van der Waals surface area contributed by atoms with Crippen LogP contribution >= 0.6 is 0 Å². The van der Waals surface area contributed by atoms with Gasteiger partial charge < -0.3 is 9.47 Å². The van der Waals surface area contributed by atoms with Crippen LogP contribution in [0.3, 0.4) is 0 Å². The van der Waals surface area contributed by atoms with E-state index in [0.29, 0.717) is 0 Å². The van der Waals surface area contributed by atoms with Crippen molar-refractivity contribution in [3.63, 3.8) is 0 Å². The standard InChI is InChI=1S/C23H20N2O7/c1-15(2)32-23-20(25(29)30)12-17(13-21(23)31-14-16-8-4-3-5-9-16)22(26)18-10-6-7-11-19(18)24(27)28/h3-13,15H,14H2,1-2H3. The van der Waals surface area contributed by atoms with Gasteiger partial charge in [0.2, 0.25) is 5.75 Å². The van der Waals surface area contributed by atoms with Crippen molar-refractivity contribution in [1.29, 1.82) is 0 Å². The molecule has 0 radical (unpaired) electrons. The van der Waals surface area contributed by atoms with Crippen LogP contribution in [0.5, 0.6) is 11.5 Å². The Morgan fingerprint density at radius 1 is 0.906 bits per heavy atom. The highest BCUT2D eigenvalue weighted by atomic mass is 16.6. The van der Waals surface area contributed by atoms with Gasteiger partial charge in [-0.15, -0.1) is 0 Å². The lowest BCUT2D eigenvalue weighted by molar-refractivity contribution is -0.386. The smallest absolute Gasteiger partial charge is 0.315 e. The van der Waals surface area contributed by atoms with Crippen LogP contribution in [-0.4, -0.2) is 21.7 Å². The van der Waals surface area contributed by atoms with Crippen molar-refractivity contribution in [2.24, 2.45) is 0 Å². The minimum absolute atomic E-state index is 0.00122. The second kappa shape index (κ2) is 9.69. The maximum absolute atomic E-state index is 13.1. The summed E-state index contributed by atoms with van der Waals surface area (Å²) in [6.07, 6.45) is -0.399. The lowest BCUT2D eigenvalue weighted by Crippen LogP contribution is -2.12. The van der Waals surface area contributed by atoms with Gasteiger partial charge in [-0.3, -0.25) is 25.0 Å². The van der Waals surface area contributed by atoms with Crippen molar-refractivity contribution in [2.45, 2.75) is 26.6 Å². The molecule has 0 spiro atoms. The van der Waals surface area contributed by atoms with Crippen molar-refractivity contribution in [1.82, 2.24) is 0 Å². The molecule has 0 fully saturated rings.